The fraction of sp³-hybridized carbons (Fsp3) is 0.867. The van der Waals surface area contributed by atoms with E-state index >= 15 is 0 Å². The van der Waals surface area contributed by atoms with Crippen molar-refractivity contribution >= 4 is 11.9 Å². The van der Waals surface area contributed by atoms with E-state index in [1.807, 2.05) is 0 Å². The predicted molar refractivity (Wildman–Crippen MR) is 72.5 cm³/mol. The molecule has 1 rings (SSSR count). The molecule has 0 aliphatic heterocycles. The van der Waals surface area contributed by atoms with Crippen molar-refractivity contribution in [3.8, 4) is 0 Å². The maximum Gasteiger partial charge on any atom is 0.347 e. The van der Waals surface area contributed by atoms with E-state index in [1.165, 1.54) is 13.3 Å². The van der Waals surface area contributed by atoms with Gasteiger partial charge in [-0.15, -0.1) is 0 Å². The van der Waals surface area contributed by atoms with Gasteiger partial charge in [0, 0.05) is 6.92 Å². The maximum absolute atomic E-state index is 11.9. The lowest BCUT2D eigenvalue weighted by molar-refractivity contribution is -0.174. The van der Waals surface area contributed by atoms with E-state index in [0.29, 0.717) is 17.8 Å². The van der Waals surface area contributed by atoms with Crippen molar-refractivity contribution in [2.24, 2.45) is 17.8 Å². The molecular weight excluding hydrogens is 244 g/mol. The average molecular weight is 270 g/mol. The van der Waals surface area contributed by atoms with Crippen LogP contribution in [0, 0.1) is 17.8 Å². The highest BCUT2D eigenvalue weighted by molar-refractivity contribution is 5.78. The largest absolute Gasteiger partial charge is 0.459 e. The molecule has 0 radical (unpaired) electrons. The molecule has 110 valence electrons. The van der Waals surface area contributed by atoms with Gasteiger partial charge in [-0.2, -0.15) is 0 Å². The van der Waals surface area contributed by atoms with E-state index in [1.54, 1.807) is 6.92 Å². The first-order valence-corrected chi connectivity index (χ1v) is 7.19. The number of esters is 2. The van der Waals surface area contributed by atoms with Crippen LogP contribution in [0.25, 0.3) is 0 Å². The zero-order valence-electron chi connectivity index (χ0n) is 12.6. The van der Waals surface area contributed by atoms with Crippen LogP contribution in [-0.2, 0) is 19.1 Å². The fourth-order valence-electron chi connectivity index (χ4n) is 2.79. The van der Waals surface area contributed by atoms with Crippen LogP contribution in [0.2, 0.25) is 0 Å². The molecule has 4 nitrogen and oxygen atoms in total. The summed E-state index contributed by atoms with van der Waals surface area (Å²) in [6.07, 6.45) is 2.33. The lowest BCUT2D eigenvalue weighted by Gasteiger charge is -2.37. The minimum absolute atomic E-state index is 0.0470. The van der Waals surface area contributed by atoms with Crippen LogP contribution in [0.5, 0.6) is 0 Å². The average Bonchev–Trinajstić information content (AvgIpc) is 2.27. The number of carbonyl (C=O) groups is 2. The zero-order valence-corrected chi connectivity index (χ0v) is 12.6. The molecule has 0 saturated heterocycles. The molecule has 0 aromatic rings. The molecule has 4 heteroatoms. The zero-order chi connectivity index (χ0) is 14.6. The Hall–Kier alpha value is -1.06. The standard InChI is InChI=1S/C15H26O4/c1-9(2)13-7-6-10(3)8-14(13)19-15(17)11(4)18-12(5)16/h9-11,13-14H,6-8H2,1-5H3/t10-,11+,13+,14+/m1/s1. The summed E-state index contributed by atoms with van der Waals surface area (Å²) in [5.74, 6) is 0.595. The number of ether oxygens (including phenoxy) is 2. The van der Waals surface area contributed by atoms with Gasteiger partial charge in [0.15, 0.2) is 6.10 Å². The Labute approximate surface area is 115 Å². The maximum atomic E-state index is 11.9. The second-order valence-corrected chi connectivity index (χ2v) is 6.05. The summed E-state index contributed by atoms with van der Waals surface area (Å²) in [6.45, 7) is 9.37. The van der Waals surface area contributed by atoms with E-state index in [0.717, 1.165) is 12.8 Å². The van der Waals surface area contributed by atoms with E-state index < -0.39 is 18.0 Å². The molecule has 1 aliphatic carbocycles. The van der Waals surface area contributed by atoms with Gasteiger partial charge in [0.25, 0.3) is 0 Å². The van der Waals surface area contributed by atoms with Crippen molar-refractivity contribution in [1.29, 1.82) is 0 Å². The SMILES string of the molecule is CC(=O)O[C@@H](C)C(=O)O[C@H]1C[C@H](C)CC[C@H]1C(C)C. The summed E-state index contributed by atoms with van der Waals surface area (Å²) in [4.78, 5) is 22.8. The Kier molecular flexibility index (Phi) is 5.83. The van der Waals surface area contributed by atoms with Crippen molar-refractivity contribution in [3.63, 3.8) is 0 Å². The molecule has 0 bridgehead atoms. The van der Waals surface area contributed by atoms with Crippen LogP contribution in [0.1, 0.15) is 53.9 Å². The van der Waals surface area contributed by atoms with Gasteiger partial charge in [0.2, 0.25) is 0 Å². The van der Waals surface area contributed by atoms with Gasteiger partial charge < -0.3 is 9.47 Å². The molecule has 0 spiro atoms. The summed E-state index contributed by atoms with van der Waals surface area (Å²) >= 11 is 0. The van der Waals surface area contributed by atoms with Gasteiger partial charge in [0.05, 0.1) is 0 Å². The minimum atomic E-state index is -0.817. The van der Waals surface area contributed by atoms with Gasteiger partial charge in [-0.25, -0.2) is 4.79 Å². The monoisotopic (exact) mass is 270 g/mol. The van der Waals surface area contributed by atoms with Crippen molar-refractivity contribution in [2.45, 2.75) is 66.1 Å². The third kappa shape index (κ3) is 4.84. The van der Waals surface area contributed by atoms with Crippen molar-refractivity contribution in [3.05, 3.63) is 0 Å². The van der Waals surface area contributed by atoms with Crippen LogP contribution in [-0.4, -0.2) is 24.1 Å². The first kappa shape index (κ1) is 16.0. The van der Waals surface area contributed by atoms with Gasteiger partial charge >= 0.3 is 11.9 Å². The molecule has 0 heterocycles. The molecule has 4 atom stereocenters. The smallest absolute Gasteiger partial charge is 0.347 e. The summed E-state index contributed by atoms with van der Waals surface area (Å²) in [7, 11) is 0. The van der Waals surface area contributed by atoms with Gasteiger partial charge in [-0.1, -0.05) is 27.2 Å². The highest BCUT2D eigenvalue weighted by Crippen LogP contribution is 2.35. The molecule has 1 saturated carbocycles. The van der Waals surface area contributed by atoms with Gasteiger partial charge in [-0.05, 0) is 37.5 Å². The molecule has 0 N–H and O–H groups in total. The summed E-state index contributed by atoms with van der Waals surface area (Å²) in [5, 5.41) is 0. The first-order chi connectivity index (χ1) is 8.81. The van der Waals surface area contributed by atoms with E-state index in [2.05, 4.69) is 20.8 Å². The topological polar surface area (TPSA) is 52.6 Å². The van der Waals surface area contributed by atoms with Crippen LogP contribution in [0.15, 0.2) is 0 Å². The Balaban J connectivity index is 2.60. The predicted octanol–water partition coefficient (Wildman–Crippen LogP) is 2.94. The highest BCUT2D eigenvalue weighted by atomic mass is 16.6. The van der Waals surface area contributed by atoms with E-state index in [9.17, 15) is 9.59 Å². The molecule has 0 amide bonds. The lowest BCUT2D eigenvalue weighted by atomic mass is 9.75. The fourth-order valence-corrected chi connectivity index (χ4v) is 2.79. The Bertz CT molecular complexity index is 324. The molecule has 1 aliphatic rings. The second-order valence-electron chi connectivity index (χ2n) is 6.05. The third-order valence-corrected chi connectivity index (χ3v) is 3.90. The number of rotatable bonds is 4. The Morgan fingerprint density at radius 1 is 1.16 bits per heavy atom. The number of hydrogen-bond acceptors (Lipinski definition) is 4. The summed E-state index contributed by atoms with van der Waals surface area (Å²) in [5.41, 5.74) is 0. The minimum Gasteiger partial charge on any atom is -0.459 e. The number of carbonyl (C=O) groups excluding carboxylic acids is 2. The summed E-state index contributed by atoms with van der Waals surface area (Å²) < 4.78 is 10.4. The normalized spacial score (nSPS) is 28.8. The molecule has 1 fully saturated rings. The second kappa shape index (κ2) is 6.92. The molecule has 0 aromatic carbocycles. The van der Waals surface area contributed by atoms with Crippen LogP contribution in [0.4, 0.5) is 0 Å². The molecule has 19 heavy (non-hydrogen) atoms. The number of hydrogen-bond donors (Lipinski definition) is 0. The van der Waals surface area contributed by atoms with E-state index in [4.69, 9.17) is 9.47 Å². The van der Waals surface area contributed by atoms with Crippen LogP contribution in [0.3, 0.4) is 0 Å². The van der Waals surface area contributed by atoms with E-state index in [-0.39, 0.29) is 6.10 Å². The van der Waals surface area contributed by atoms with Crippen molar-refractivity contribution in [1.82, 2.24) is 0 Å². The molecule has 0 unspecified atom stereocenters. The third-order valence-electron chi connectivity index (χ3n) is 3.90. The lowest BCUT2D eigenvalue weighted by Crippen LogP contribution is -2.38. The van der Waals surface area contributed by atoms with Gasteiger partial charge in [-0.3, -0.25) is 4.79 Å². The van der Waals surface area contributed by atoms with Crippen molar-refractivity contribution < 1.29 is 19.1 Å². The quantitative estimate of drug-likeness (QED) is 0.737. The first-order valence-electron chi connectivity index (χ1n) is 7.19. The molecular formula is C15H26O4. The summed E-state index contributed by atoms with van der Waals surface area (Å²) in [6, 6.07) is 0. The van der Waals surface area contributed by atoms with Crippen LogP contribution >= 0.6 is 0 Å². The van der Waals surface area contributed by atoms with Gasteiger partial charge in [0.1, 0.15) is 6.10 Å². The Morgan fingerprint density at radius 2 is 1.79 bits per heavy atom. The molecule has 0 aromatic heterocycles. The van der Waals surface area contributed by atoms with Crippen molar-refractivity contribution in [2.75, 3.05) is 0 Å². The Morgan fingerprint density at radius 3 is 2.32 bits per heavy atom. The highest BCUT2D eigenvalue weighted by Gasteiger charge is 2.34. The van der Waals surface area contributed by atoms with Crippen LogP contribution < -0.4 is 0 Å².